The minimum Gasteiger partial charge on any atom is -0.354 e. The molecule has 3 aromatic rings. The Kier molecular flexibility index (Phi) is 5.81. The number of amides is 1. The van der Waals surface area contributed by atoms with Gasteiger partial charge in [-0.05, 0) is 49.2 Å². The van der Waals surface area contributed by atoms with Gasteiger partial charge in [0.15, 0.2) is 0 Å². The second-order valence-corrected chi connectivity index (χ2v) is 6.28. The van der Waals surface area contributed by atoms with Gasteiger partial charge in [0.05, 0.1) is 0 Å². The molecule has 1 amide bonds. The second kappa shape index (κ2) is 8.45. The minimum atomic E-state index is -0.262. The molecule has 0 saturated heterocycles. The molecule has 0 spiro atoms. The van der Waals surface area contributed by atoms with E-state index in [1.807, 2.05) is 61.5 Å². The number of anilines is 2. The average Bonchev–Trinajstić information content (AvgIpc) is 2.64. The molecule has 0 radical (unpaired) electrons. The summed E-state index contributed by atoms with van der Waals surface area (Å²) in [6, 6.07) is 18.7. The molecule has 2 N–H and O–H groups in total. The molecule has 0 unspecified atom stereocenters. The number of nitrogens with one attached hydrogen (secondary N) is 2. The van der Waals surface area contributed by atoms with Gasteiger partial charge in [0, 0.05) is 22.9 Å². The predicted molar refractivity (Wildman–Crippen MR) is 105 cm³/mol. The number of aromatic nitrogens is 2. The number of hydrogen-bond donors (Lipinski definition) is 2. The third-order valence-corrected chi connectivity index (χ3v) is 3.98. The number of halogens is 1. The zero-order valence-corrected chi connectivity index (χ0v) is 15.1. The van der Waals surface area contributed by atoms with E-state index >= 15 is 0 Å². The zero-order chi connectivity index (χ0) is 18.4. The van der Waals surface area contributed by atoms with E-state index in [0.717, 1.165) is 28.4 Å². The number of carbonyl (C=O) groups is 1. The predicted octanol–water partition coefficient (Wildman–Crippen LogP) is 4.35. The highest BCUT2D eigenvalue weighted by molar-refractivity contribution is 6.30. The Balaban J connectivity index is 1.63. The fourth-order valence-electron chi connectivity index (χ4n) is 2.45. The average molecular weight is 367 g/mol. The SMILES string of the molecule is Cc1cc(C(=O)Nc2ccccc2)nc(NCCc2ccc(Cl)cc2)n1. The lowest BCUT2D eigenvalue weighted by Crippen LogP contribution is -2.16. The van der Waals surface area contributed by atoms with Gasteiger partial charge in [-0.2, -0.15) is 0 Å². The topological polar surface area (TPSA) is 66.9 Å². The molecule has 2 aromatic carbocycles. The summed E-state index contributed by atoms with van der Waals surface area (Å²) in [7, 11) is 0. The van der Waals surface area contributed by atoms with Crippen LogP contribution in [-0.2, 0) is 6.42 Å². The molecule has 0 aliphatic rings. The summed E-state index contributed by atoms with van der Waals surface area (Å²) >= 11 is 5.89. The van der Waals surface area contributed by atoms with E-state index in [9.17, 15) is 4.79 Å². The summed E-state index contributed by atoms with van der Waals surface area (Å²) in [5.74, 6) is 0.180. The van der Waals surface area contributed by atoms with Gasteiger partial charge < -0.3 is 10.6 Å². The third kappa shape index (κ3) is 5.04. The lowest BCUT2D eigenvalue weighted by Gasteiger charge is -2.09. The molecule has 3 rings (SSSR count). The van der Waals surface area contributed by atoms with Crippen molar-refractivity contribution in [3.63, 3.8) is 0 Å². The van der Waals surface area contributed by atoms with Gasteiger partial charge in [0.2, 0.25) is 5.95 Å². The first kappa shape index (κ1) is 17.9. The number of hydrogen-bond acceptors (Lipinski definition) is 4. The Morgan fingerprint density at radius 2 is 1.77 bits per heavy atom. The van der Waals surface area contributed by atoms with Crippen molar-refractivity contribution in [3.8, 4) is 0 Å². The van der Waals surface area contributed by atoms with Crippen molar-refractivity contribution in [2.75, 3.05) is 17.2 Å². The van der Waals surface area contributed by atoms with Gasteiger partial charge in [0.25, 0.3) is 5.91 Å². The van der Waals surface area contributed by atoms with Crippen LogP contribution in [-0.4, -0.2) is 22.4 Å². The Morgan fingerprint density at radius 1 is 1.04 bits per heavy atom. The Labute approximate surface area is 157 Å². The molecule has 0 bridgehead atoms. The first-order chi connectivity index (χ1) is 12.6. The van der Waals surface area contributed by atoms with Crippen molar-refractivity contribution >= 4 is 29.1 Å². The van der Waals surface area contributed by atoms with Crippen LogP contribution in [0.3, 0.4) is 0 Å². The summed E-state index contributed by atoms with van der Waals surface area (Å²) in [6.07, 6.45) is 0.806. The van der Waals surface area contributed by atoms with Crippen molar-refractivity contribution in [2.45, 2.75) is 13.3 Å². The van der Waals surface area contributed by atoms with Crippen LogP contribution in [0.4, 0.5) is 11.6 Å². The largest absolute Gasteiger partial charge is 0.354 e. The summed E-state index contributed by atoms with van der Waals surface area (Å²) in [4.78, 5) is 21.1. The molecule has 0 saturated carbocycles. The van der Waals surface area contributed by atoms with Crippen molar-refractivity contribution < 1.29 is 4.79 Å². The molecule has 1 aromatic heterocycles. The number of carbonyl (C=O) groups excluding carboxylic acids is 1. The zero-order valence-electron chi connectivity index (χ0n) is 14.4. The number of para-hydroxylation sites is 1. The second-order valence-electron chi connectivity index (χ2n) is 5.84. The van der Waals surface area contributed by atoms with E-state index in [-0.39, 0.29) is 5.91 Å². The number of nitrogens with zero attached hydrogens (tertiary/aromatic N) is 2. The highest BCUT2D eigenvalue weighted by atomic mass is 35.5. The molecule has 0 fully saturated rings. The first-order valence-corrected chi connectivity index (χ1v) is 8.68. The monoisotopic (exact) mass is 366 g/mol. The van der Waals surface area contributed by atoms with Crippen molar-refractivity contribution in [1.29, 1.82) is 0 Å². The normalized spacial score (nSPS) is 10.4. The molecular weight excluding hydrogens is 348 g/mol. The van der Waals surface area contributed by atoms with E-state index in [2.05, 4.69) is 20.6 Å². The van der Waals surface area contributed by atoms with Crippen LogP contribution in [0, 0.1) is 6.92 Å². The minimum absolute atomic E-state index is 0.262. The molecule has 0 atom stereocenters. The van der Waals surface area contributed by atoms with E-state index in [1.165, 1.54) is 0 Å². The van der Waals surface area contributed by atoms with Gasteiger partial charge in [0.1, 0.15) is 5.69 Å². The van der Waals surface area contributed by atoms with Crippen LogP contribution in [0.15, 0.2) is 60.7 Å². The lowest BCUT2D eigenvalue weighted by atomic mass is 10.1. The maximum absolute atomic E-state index is 12.4. The van der Waals surface area contributed by atoms with Gasteiger partial charge in [-0.1, -0.05) is 41.9 Å². The number of rotatable bonds is 6. The molecule has 132 valence electrons. The van der Waals surface area contributed by atoms with Crippen LogP contribution in [0.2, 0.25) is 5.02 Å². The highest BCUT2D eigenvalue weighted by Crippen LogP contribution is 2.12. The fraction of sp³-hybridized carbons (Fsp3) is 0.150. The molecule has 0 aliphatic heterocycles. The van der Waals surface area contributed by atoms with E-state index in [0.29, 0.717) is 18.2 Å². The maximum Gasteiger partial charge on any atom is 0.274 e. The quantitative estimate of drug-likeness (QED) is 0.680. The van der Waals surface area contributed by atoms with Gasteiger partial charge in [-0.3, -0.25) is 4.79 Å². The van der Waals surface area contributed by atoms with Crippen molar-refractivity contribution in [1.82, 2.24) is 9.97 Å². The first-order valence-electron chi connectivity index (χ1n) is 8.30. The van der Waals surface area contributed by atoms with E-state index in [1.54, 1.807) is 6.07 Å². The van der Waals surface area contributed by atoms with Gasteiger partial charge in [-0.25, -0.2) is 9.97 Å². The van der Waals surface area contributed by atoms with Crippen LogP contribution < -0.4 is 10.6 Å². The van der Waals surface area contributed by atoms with Crippen LogP contribution in [0.5, 0.6) is 0 Å². The molecule has 5 nitrogen and oxygen atoms in total. The van der Waals surface area contributed by atoms with E-state index < -0.39 is 0 Å². The van der Waals surface area contributed by atoms with E-state index in [4.69, 9.17) is 11.6 Å². The molecule has 26 heavy (non-hydrogen) atoms. The molecule has 1 heterocycles. The van der Waals surface area contributed by atoms with Crippen LogP contribution in [0.1, 0.15) is 21.7 Å². The highest BCUT2D eigenvalue weighted by Gasteiger charge is 2.11. The van der Waals surface area contributed by atoms with Gasteiger partial charge in [-0.15, -0.1) is 0 Å². The van der Waals surface area contributed by atoms with Crippen LogP contribution >= 0.6 is 11.6 Å². The Bertz CT molecular complexity index is 882. The maximum atomic E-state index is 12.4. The van der Waals surface area contributed by atoms with Crippen molar-refractivity contribution in [2.24, 2.45) is 0 Å². The Hall–Kier alpha value is -2.92. The number of benzene rings is 2. The smallest absolute Gasteiger partial charge is 0.274 e. The number of aryl methyl sites for hydroxylation is 1. The fourth-order valence-corrected chi connectivity index (χ4v) is 2.58. The summed E-state index contributed by atoms with van der Waals surface area (Å²) in [5.41, 5.74) is 2.95. The Morgan fingerprint density at radius 3 is 2.50 bits per heavy atom. The van der Waals surface area contributed by atoms with Gasteiger partial charge >= 0.3 is 0 Å². The molecular formula is C20H19ClN4O. The van der Waals surface area contributed by atoms with Crippen LogP contribution in [0.25, 0.3) is 0 Å². The summed E-state index contributed by atoms with van der Waals surface area (Å²) in [5, 5.41) is 6.72. The molecule has 6 heteroatoms. The lowest BCUT2D eigenvalue weighted by molar-refractivity contribution is 0.102. The third-order valence-electron chi connectivity index (χ3n) is 3.73. The van der Waals surface area contributed by atoms with Crippen molar-refractivity contribution in [3.05, 3.63) is 82.6 Å². The molecule has 0 aliphatic carbocycles. The standard InChI is InChI=1S/C20H19ClN4O/c1-14-13-18(19(26)24-17-5-3-2-4-6-17)25-20(23-14)22-12-11-15-7-9-16(21)10-8-15/h2-10,13H,11-12H2,1H3,(H,24,26)(H,22,23,25). The summed E-state index contributed by atoms with van der Waals surface area (Å²) < 4.78 is 0. The summed E-state index contributed by atoms with van der Waals surface area (Å²) in [6.45, 7) is 2.50.